The number of rotatable bonds is 15. The molecule has 1 aliphatic heterocycles. The number of nitrogens with one attached hydrogen (secondary N) is 2. The predicted molar refractivity (Wildman–Crippen MR) is 151 cm³/mol. The molecule has 2 aromatic rings. The lowest BCUT2D eigenvalue weighted by molar-refractivity contribution is -0.140. The van der Waals surface area contributed by atoms with Crippen molar-refractivity contribution in [3.63, 3.8) is 0 Å². The molecule has 2 N–H and O–H groups in total. The zero-order valence-corrected chi connectivity index (χ0v) is 23.5. The van der Waals surface area contributed by atoms with Crippen LogP contribution in [0, 0.1) is 0 Å². The molecule has 1 aliphatic rings. The Morgan fingerprint density at radius 1 is 0.950 bits per heavy atom. The topological polar surface area (TPSA) is 115 Å². The lowest BCUT2D eigenvalue weighted by Gasteiger charge is -2.30. The number of alkyl carbamates (subject to hydrolysis) is 1. The van der Waals surface area contributed by atoms with Gasteiger partial charge in [-0.05, 0) is 36.8 Å². The van der Waals surface area contributed by atoms with Crippen molar-refractivity contribution in [1.82, 2.24) is 15.5 Å². The normalized spacial score (nSPS) is 16.2. The van der Waals surface area contributed by atoms with E-state index in [1.54, 1.807) is 12.0 Å². The minimum Gasteiger partial charge on any atom is -0.445 e. The summed E-state index contributed by atoms with van der Waals surface area (Å²) in [5, 5.41) is 5.77. The highest BCUT2D eigenvalue weighted by Gasteiger charge is 2.40. The van der Waals surface area contributed by atoms with Crippen LogP contribution in [0.1, 0.15) is 36.8 Å². The fourth-order valence-electron chi connectivity index (χ4n) is 4.89. The second kappa shape index (κ2) is 16.6. The average Bonchev–Trinajstić information content (AvgIpc) is 3.47. The monoisotopic (exact) mass is 553 g/mol. The Labute approximate surface area is 236 Å². The Balaban J connectivity index is 1.71. The highest BCUT2D eigenvalue weighted by atomic mass is 16.6. The third kappa shape index (κ3) is 9.36. The Morgan fingerprint density at radius 3 is 2.23 bits per heavy atom. The molecule has 0 spiro atoms. The standard InChI is InChI=1S/C29H40BN3O7/c1-37-19-11-17-26(30(38-2)39-3)32-27(34)25-16-10-18-33(25)28(35)24(20-22-12-6-4-7-13-22)31-29(36)40-21-23-14-8-5-9-15-23/h4-9,12-15,24-26H,10-11,16-21H2,1-3H3,(H,31,36)(H,32,34)/t24-,25+,26-/m1/s1. The molecule has 0 saturated carbocycles. The molecule has 0 unspecified atom stereocenters. The summed E-state index contributed by atoms with van der Waals surface area (Å²) in [7, 11) is 4.02. The van der Waals surface area contributed by atoms with Gasteiger partial charge in [-0.15, -0.1) is 0 Å². The number of likely N-dealkylation sites (tertiary alicyclic amines) is 1. The van der Waals surface area contributed by atoms with Crippen LogP contribution in [-0.2, 0) is 41.4 Å². The maximum atomic E-state index is 13.8. The zero-order valence-electron chi connectivity index (χ0n) is 23.5. The lowest BCUT2D eigenvalue weighted by Crippen LogP contribution is -2.57. The van der Waals surface area contributed by atoms with Crippen molar-refractivity contribution in [3.8, 4) is 0 Å². The first-order chi connectivity index (χ1) is 19.5. The van der Waals surface area contributed by atoms with Gasteiger partial charge >= 0.3 is 13.2 Å². The van der Waals surface area contributed by atoms with Crippen LogP contribution in [0.2, 0.25) is 0 Å². The molecule has 216 valence electrons. The van der Waals surface area contributed by atoms with Crippen LogP contribution in [0.4, 0.5) is 4.79 Å². The van der Waals surface area contributed by atoms with E-state index in [1.165, 1.54) is 14.2 Å². The SMILES string of the molecule is COCCC[C@@H](NC(=O)[C@@H]1CCCN1C(=O)[C@@H](Cc1ccccc1)NC(=O)OCc1ccccc1)B(OC)OC. The Morgan fingerprint density at radius 2 is 1.60 bits per heavy atom. The van der Waals surface area contributed by atoms with Gasteiger partial charge in [-0.1, -0.05) is 60.7 Å². The Hall–Kier alpha value is -3.41. The van der Waals surface area contributed by atoms with Crippen LogP contribution < -0.4 is 10.6 Å². The molecule has 3 amide bonds. The number of hydrogen-bond acceptors (Lipinski definition) is 7. The minimum atomic E-state index is -0.901. The maximum absolute atomic E-state index is 13.8. The second-order valence-electron chi connectivity index (χ2n) is 9.73. The molecular formula is C29H40BN3O7. The predicted octanol–water partition coefficient (Wildman–Crippen LogP) is 2.75. The number of carbonyl (C=O) groups excluding carboxylic acids is 3. The number of ether oxygens (including phenoxy) is 2. The van der Waals surface area contributed by atoms with Crippen LogP contribution in [-0.4, -0.2) is 82.4 Å². The van der Waals surface area contributed by atoms with E-state index in [0.717, 1.165) is 11.1 Å². The molecule has 11 heteroatoms. The smallest absolute Gasteiger partial charge is 0.445 e. The largest absolute Gasteiger partial charge is 0.480 e. The van der Waals surface area contributed by atoms with Crippen molar-refractivity contribution >= 4 is 25.0 Å². The number of amides is 3. The number of benzene rings is 2. The minimum absolute atomic E-state index is 0.0816. The van der Waals surface area contributed by atoms with Crippen molar-refractivity contribution < 1.29 is 33.2 Å². The molecule has 0 aromatic heterocycles. The van der Waals surface area contributed by atoms with Crippen LogP contribution in [0.3, 0.4) is 0 Å². The number of carbonyl (C=O) groups is 3. The van der Waals surface area contributed by atoms with Crippen molar-refractivity contribution in [2.45, 2.75) is 56.7 Å². The molecule has 3 rings (SSSR count). The van der Waals surface area contributed by atoms with Crippen LogP contribution in [0.15, 0.2) is 60.7 Å². The van der Waals surface area contributed by atoms with Crippen molar-refractivity contribution in [1.29, 1.82) is 0 Å². The summed E-state index contributed by atoms with van der Waals surface area (Å²) in [6.45, 7) is 1.03. The first-order valence-corrected chi connectivity index (χ1v) is 13.6. The van der Waals surface area contributed by atoms with Crippen LogP contribution >= 0.6 is 0 Å². The fraction of sp³-hybridized carbons (Fsp3) is 0.483. The van der Waals surface area contributed by atoms with Gasteiger partial charge in [0.25, 0.3) is 0 Å². The van der Waals surface area contributed by atoms with Gasteiger partial charge in [0.2, 0.25) is 11.8 Å². The molecule has 10 nitrogen and oxygen atoms in total. The molecule has 1 heterocycles. The molecule has 0 radical (unpaired) electrons. The van der Waals surface area contributed by atoms with Crippen LogP contribution in [0.5, 0.6) is 0 Å². The third-order valence-electron chi connectivity index (χ3n) is 6.91. The maximum Gasteiger partial charge on any atom is 0.480 e. The van der Waals surface area contributed by atoms with Gasteiger partial charge in [0.05, 0.1) is 5.94 Å². The van der Waals surface area contributed by atoms with Gasteiger partial charge in [0, 0.05) is 40.9 Å². The van der Waals surface area contributed by atoms with Gasteiger partial charge in [0.15, 0.2) is 0 Å². The third-order valence-corrected chi connectivity index (χ3v) is 6.91. The van der Waals surface area contributed by atoms with E-state index in [2.05, 4.69) is 10.6 Å². The van der Waals surface area contributed by atoms with Crippen molar-refractivity contribution in [3.05, 3.63) is 71.8 Å². The Bertz CT molecular complexity index is 1060. The van der Waals surface area contributed by atoms with Gasteiger partial charge in [-0.25, -0.2) is 4.79 Å². The molecule has 2 aromatic carbocycles. The van der Waals surface area contributed by atoms with Gasteiger partial charge < -0.3 is 34.3 Å². The summed E-state index contributed by atoms with van der Waals surface area (Å²) < 4.78 is 21.4. The van der Waals surface area contributed by atoms with Crippen molar-refractivity contribution in [2.75, 3.05) is 34.5 Å². The van der Waals surface area contributed by atoms with E-state index in [-0.39, 0.29) is 24.8 Å². The number of nitrogens with zero attached hydrogens (tertiary/aromatic N) is 1. The Kier molecular flexibility index (Phi) is 13.0. The molecule has 0 aliphatic carbocycles. The highest BCUT2D eigenvalue weighted by molar-refractivity contribution is 6.46. The van der Waals surface area contributed by atoms with Crippen molar-refractivity contribution in [2.24, 2.45) is 0 Å². The fourth-order valence-corrected chi connectivity index (χ4v) is 4.89. The summed E-state index contributed by atoms with van der Waals surface area (Å²) in [4.78, 5) is 41.6. The van der Waals surface area contributed by atoms with E-state index in [1.807, 2.05) is 60.7 Å². The van der Waals surface area contributed by atoms with E-state index in [9.17, 15) is 14.4 Å². The van der Waals surface area contributed by atoms with Gasteiger partial charge in [-0.3, -0.25) is 9.59 Å². The summed E-state index contributed by atoms with van der Waals surface area (Å²) in [6.07, 6.45) is 2.04. The quantitative estimate of drug-likeness (QED) is 0.258. The highest BCUT2D eigenvalue weighted by Crippen LogP contribution is 2.21. The lowest BCUT2D eigenvalue weighted by atomic mass is 9.75. The molecule has 3 atom stereocenters. The van der Waals surface area contributed by atoms with Gasteiger partial charge in [0.1, 0.15) is 18.7 Å². The van der Waals surface area contributed by atoms with Gasteiger partial charge in [-0.2, -0.15) is 0 Å². The van der Waals surface area contributed by atoms with E-state index in [0.29, 0.717) is 38.8 Å². The molecule has 40 heavy (non-hydrogen) atoms. The van der Waals surface area contributed by atoms with E-state index < -0.39 is 31.2 Å². The van der Waals surface area contributed by atoms with E-state index >= 15 is 0 Å². The zero-order chi connectivity index (χ0) is 28.7. The first-order valence-electron chi connectivity index (χ1n) is 13.6. The van der Waals surface area contributed by atoms with Crippen LogP contribution in [0.25, 0.3) is 0 Å². The molecule has 0 bridgehead atoms. The first kappa shape index (κ1) is 31.1. The molecular weight excluding hydrogens is 513 g/mol. The second-order valence-corrected chi connectivity index (χ2v) is 9.73. The van der Waals surface area contributed by atoms with E-state index in [4.69, 9.17) is 18.8 Å². The number of hydrogen-bond donors (Lipinski definition) is 2. The number of methoxy groups -OCH3 is 1. The summed E-state index contributed by atoms with van der Waals surface area (Å²) >= 11 is 0. The molecule has 1 saturated heterocycles. The average molecular weight is 553 g/mol. The summed E-state index contributed by atoms with van der Waals surface area (Å²) in [5.41, 5.74) is 1.72. The summed E-state index contributed by atoms with van der Waals surface area (Å²) in [5.74, 6) is -1.02. The summed E-state index contributed by atoms with van der Waals surface area (Å²) in [6, 6.07) is 17.2. The molecule has 1 fully saturated rings.